The molecule has 0 amide bonds. The van der Waals surface area contributed by atoms with Crippen molar-refractivity contribution in [2.75, 3.05) is 6.54 Å². The third kappa shape index (κ3) is 4.25. The second kappa shape index (κ2) is 6.86. The molecule has 0 aromatic heterocycles. The normalized spacial score (nSPS) is 13.8. The SMILES string of the molecule is CC(C)Oc1ccc(C(O)C(O)CN=[N+]=[N-])cc1. The van der Waals surface area contributed by atoms with Gasteiger partial charge in [-0.2, -0.15) is 0 Å². The second-order valence-corrected chi connectivity index (χ2v) is 4.16. The van der Waals surface area contributed by atoms with Crippen LogP contribution in [0.4, 0.5) is 0 Å². The highest BCUT2D eigenvalue weighted by Gasteiger charge is 2.17. The molecule has 0 radical (unpaired) electrons. The first-order valence-electron chi connectivity index (χ1n) is 5.68. The number of nitrogens with zero attached hydrogens (tertiary/aromatic N) is 3. The summed E-state index contributed by atoms with van der Waals surface area (Å²) in [5.41, 5.74) is 8.68. The van der Waals surface area contributed by atoms with Crippen molar-refractivity contribution in [3.8, 4) is 5.75 Å². The van der Waals surface area contributed by atoms with E-state index < -0.39 is 12.2 Å². The van der Waals surface area contributed by atoms with E-state index in [-0.39, 0.29) is 12.6 Å². The maximum atomic E-state index is 9.81. The van der Waals surface area contributed by atoms with E-state index in [4.69, 9.17) is 10.3 Å². The van der Waals surface area contributed by atoms with Gasteiger partial charge in [-0.05, 0) is 37.1 Å². The molecule has 0 fully saturated rings. The summed E-state index contributed by atoms with van der Waals surface area (Å²) in [6.07, 6.45) is -2.11. The molecule has 2 unspecified atom stereocenters. The molecule has 0 aliphatic heterocycles. The molecular formula is C12H17N3O3. The van der Waals surface area contributed by atoms with Crippen molar-refractivity contribution in [2.45, 2.75) is 32.2 Å². The molecule has 98 valence electrons. The molecule has 0 aliphatic carbocycles. The maximum absolute atomic E-state index is 9.81. The second-order valence-electron chi connectivity index (χ2n) is 4.16. The van der Waals surface area contributed by atoms with Crippen LogP contribution in [0.2, 0.25) is 0 Å². The largest absolute Gasteiger partial charge is 0.491 e. The van der Waals surface area contributed by atoms with Gasteiger partial charge in [0.15, 0.2) is 0 Å². The summed E-state index contributed by atoms with van der Waals surface area (Å²) >= 11 is 0. The number of rotatable bonds is 6. The first-order valence-corrected chi connectivity index (χ1v) is 5.68. The monoisotopic (exact) mass is 251 g/mol. The van der Waals surface area contributed by atoms with Gasteiger partial charge in [-0.3, -0.25) is 0 Å². The van der Waals surface area contributed by atoms with Crippen LogP contribution < -0.4 is 4.74 Å². The molecule has 0 heterocycles. The molecule has 6 heteroatoms. The Labute approximate surface area is 105 Å². The summed E-state index contributed by atoms with van der Waals surface area (Å²) in [5, 5.41) is 22.6. The summed E-state index contributed by atoms with van der Waals surface area (Å²) in [6.45, 7) is 3.68. The zero-order chi connectivity index (χ0) is 13.5. The molecular weight excluding hydrogens is 234 g/mol. The summed E-state index contributed by atoms with van der Waals surface area (Å²) in [6, 6.07) is 6.78. The number of ether oxygens (including phenoxy) is 1. The Morgan fingerprint density at radius 3 is 2.39 bits per heavy atom. The molecule has 0 bridgehead atoms. The van der Waals surface area contributed by atoms with Crippen LogP contribution in [0.5, 0.6) is 5.75 Å². The maximum Gasteiger partial charge on any atom is 0.119 e. The Morgan fingerprint density at radius 1 is 1.28 bits per heavy atom. The minimum absolute atomic E-state index is 0.0799. The minimum atomic E-state index is -1.11. The summed E-state index contributed by atoms with van der Waals surface area (Å²) in [4.78, 5) is 2.53. The van der Waals surface area contributed by atoms with Crippen LogP contribution in [0.25, 0.3) is 10.4 Å². The van der Waals surface area contributed by atoms with Crippen LogP contribution >= 0.6 is 0 Å². The number of aliphatic hydroxyl groups is 2. The molecule has 1 rings (SSSR count). The summed E-state index contributed by atoms with van der Waals surface area (Å²) < 4.78 is 5.46. The molecule has 2 atom stereocenters. The van der Waals surface area contributed by atoms with Crippen molar-refractivity contribution in [2.24, 2.45) is 5.11 Å². The quantitative estimate of drug-likeness (QED) is 0.460. The molecule has 0 saturated heterocycles. The van der Waals surface area contributed by atoms with Gasteiger partial charge >= 0.3 is 0 Å². The fourth-order valence-electron chi connectivity index (χ4n) is 1.46. The van der Waals surface area contributed by atoms with Gasteiger partial charge in [-0.1, -0.05) is 17.2 Å². The van der Waals surface area contributed by atoms with Gasteiger partial charge in [-0.25, -0.2) is 0 Å². The number of aliphatic hydroxyl groups excluding tert-OH is 2. The third-order valence-corrected chi connectivity index (χ3v) is 2.29. The van der Waals surface area contributed by atoms with Crippen LogP contribution in [0.15, 0.2) is 29.4 Å². The molecule has 2 N–H and O–H groups in total. The first kappa shape index (κ1) is 14.3. The molecule has 0 saturated carbocycles. The number of hydrogen-bond donors (Lipinski definition) is 2. The summed E-state index contributed by atoms with van der Waals surface area (Å²) in [7, 11) is 0. The Bertz CT molecular complexity index is 413. The topological polar surface area (TPSA) is 98.5 Å². The zero-order valence-electron chi connectivity index (χ0n) is 10.4. The van der Waals surface area contributed by atoms with Gasteiger partial charge in [0.2, 0.25) is 0 Å². The lowest BCUT2D eigenvalue weighted by molar-refractivity contribution is 0.0243. The zero-order valence-corrected chi connectivity index (χ0v) is 10.4. The molecule has 1 aromatic rings. The van der Waals surface area contributed by atoms with Gasteiger partial charge in [0.05, 0.1) is 18.8 Å². The smallest absolute Gasteiger partial charge is 0.119 e. The fourth-order valence-corrected chi connectivity index (χ4v) is 1.46. The van der Waals surface area contributed by atoms with E-state index in [1.807, 2.05) is 13.8 Å². The van der Waals surface area contributed by atoms with Gasteiger partial charge < -0.3 is 14.9 Å². The van der Waals surface area contributed by atoms with E-state index in [2.05, 4.69) is 10.0 Å². The van der Waals surface area contributed by atoms with Crippen molar-refractivity contribution in [1.29, 1.82) is 0 Å². The molecule has 0 spiro atoms. The van der Waals surface area contributed by atoms with Crippen LogP contribution in [0, 0.1) is 0 Å². The standard InChI is InChI=1S/C12H17N3O3/c1-8(2)18-10-5-3-9(4-6-10)12(17)11(16)7-14-15-13/h3-6,8,11-12,16-17H,7H2,1-2H3. The Balaban J connectivity index is 2.68. The molecule has 0 aliphatic rings. The van der Waals surface area contributed by atoms with Crippen molar-refractivity contribution in [3.63, 3.8) is 0 Å². The average molecular weight is 251 g/mol. The lowest BCUT2D eigenvalue weighted by atomic mass is 10.0. The number of azide groups is 1. The van der Waals surface area contributed by atoms with Crippen molar-refractivity contribution in [3.05, 3.63) is 40.3 Å². The molecule has 18 heavy (non-hydrogen) atoms. The van der Waals surface area contributed by atoms with E-state index in [1.165, 1.54) is 0 Å². The Kier molecular flexibility index (Phi) is 5.45. The van der Waals surface area contributed by atoms with E-state index in [1.54, 1.807) is 24.3 Å². The van der Waals surface area contributed by atoms with E-state index in [0.29, 0.717) is 11.3 Å². The van der Waals surface area contributed by atoms with Crippen LogP contribution in [-0.2, 0) is 0 Å². The lowest BCUT2D eigenvalue weighted by Gasteiger charge is -2.17. The minimum Gasteiger partial charge on any atom is -0.491 e. The highest BCUT2D eigenvalue weighted by atomic mass is 16.5. The average Bonchev–Trinajstić information content (AvgIpc) is 2.35. The number of hydrogen-bond acceptors (Lipinski definition) is 4. The Morgan fingerprint density at radius 2 is 1.89 bits per heavy atom. The van der Waals surface area contributed by atoms with Crippen LogP contribution in [0.3, 0.4) is 0 Å². The molecule has 6 nitrogen and oxygen atoms in total. The van der Waals surface area contributed by atoms with E-state index in [0.717, 1.165) is 0 Å². The van der Waals surface area contributed by atoms with Gasteiger partial charge in [0.1, 0.15) is 11.9 Å². The Hall–Kier alpha value is -1.75. The van der Waals surface area contributed by atoms with E-state index in [9.17, 15) is 10.2 Å². The predicted octanol–water partition coefficient (Wildman–Crippen LogP) is 2.18. The first-order chi connectivity index (χ1) is 8.54. The molecule has 1 aromatic carbocycles. The van der Waals surface area contributed by atoms with Crippen molar-refractivity contribution >= 4 is 0 Å². The lowest BCUT2D eigenvalue weighted by Crippen LogP contribution is -2.21. The highest BCUT2D eigenvalue weighted by Crippen LogP contribution is 2.21. The van der Waals surface area contributed by atoms with Crippen molar-refractivity contribution < 1.29 is 14.9 Å². The van der Waals surface area contributed by atoms with Gasteiger partial charge in [-0.15, -0.1) is 0 Å². The van der Waals surface area contributed by atoms with Gasteiger partial charge in [0, 0.05) is 4.91 Å². The van der Waals surface area contributed by atoms with Crippen LogP contribution in [-0.4, -0.2) is 29.0 Å². The van der Waals surface area contributed by atoms with Crippen molar-refractivity contribution in [1.82, 2.24) is 0 Å². The highest BCUT2D eigenvalue weighted by molar-refractivity contribution is 5.29. The van der Waals surface area contributed by atoms with Gasteiger partial charge in [0.25, 0.3) is 0 Å². The number of benzene rings is 1. The fraction of sp³-hybridized carbons (Fsp3) is 0.500. The van der Waals surface area contributed by atoms with Crippen LogP contribution in [0.1, 0.15) is 25.5 Å². The van der Waals surface area contributed by atoms with E-state index >= 15 is 0 Å². The predicted molar refractivity (Wildman–Crippen MR) is 67.2 cm³/mol. The third-order valence-electron chi connectivity index (χ3n) is 2.29. The summed E-state index contributed by atoms with van der Waals surface area (Å²) in [5.74, 6) is 0.700.